The predicted octanol–water partition coefficient (Wildman–Crippen LogP) is 4.78. The van der Waals surface area contributed by atoms with Crippen LogP contribution in [0.15, 0.2) is 59.1 Å². The lowest BCUT2D eigenvalue weighted by Crippen LogP contribution is -2.36. The monoisotopic (exact) mass is 403 g/mol. The Morgan fingerprint density at radius 3 is 2.47 bits per heavy atom. The lowest BCUT2D eigenvalue weighted by Gasteiger charge is -2.28. The Labute approximate surface area is 178 Å². The van der Waals surface area contributed by atoms with Gasteiger partial charge in [-0.1, -0.05) is 66.2 Å². The second-order valence-corrected chi connectivity index (χ2v) is 8.01. The van der Waals surface area contributed by atoms with E-state index in [1.807, 2.05) is 31.2 Å². The number of benzene rings is 2. The number of likely N-dealkylation sites (tertiary alicyclic amines) is 1. The van der Waals surface area contributed by atoms with Crippen LogP contribution in [0.4, 0.5) is 0 Å². The van der Waals surface area contributed by atoms with Crippen molar-refractivity contribution < 1.29 is 9.32 Å². The number of amides is 1. The Morgan fingerprint density at radius 1 is 1.10 bits per heavy atom. The normalized spacial score (nSPS) is 15.3. The number of carbonyl (C=O) groups excluding carboxylic acids is 1. The van der Waals surface area contributed by atoms with Crippen molar-refractivity contribution in [2.24, 2.45) is 0 Å². The molecule has 2 aromatic carbocycles. The molecule has 30 heavy (non-hydrogen) atoms. The number of hydrogen-bond donors (Lipinski definition) is 1. The van der Waals surface area contributed by atoms with Crippen molar-refractivity contribution in [2.75, 3.05) is 19.6 Å². The summed E-state index contributed by atoms with van der Waals surface area (Å²) in [5.41, 5.74) is 4.98. The number of carbonyl (C=O) groups is 1. The van der Waals surface area contributed by atoms with Crippen molar-refractivity contribution in [3.05, 3.63) is 77.0 Å². The van der Waals surface area contributed by atoms with E-state index >= 15 is 0 Å². The zero-order valence-corrected chi connectivity index (χ0v) is 17.7. The molecule has 1 N–H and O–H groups in total. The second-order valence-electron chi connectivity index (χ2n) is 8.01. The topological polar surface area (TPSA) is 58.4 Å². The van der Waals surface area contributed by atoms with Crippen LogP contribution in [0.1, 0.15) is 53.0 Å². The zero-order valence-electron chi connectivity index (χ0n) is 17.7. The van der Waals surface area contributed by atoms with Gasteiger partial charge in [-0.3, -0.25) is 9.69 Å². The van der Waals surface area contributed by atoms with Crippen LogP contribution >= 0.6 is 0 Å². The minimum atomic E-state index is -0.202. The van der Waals surface area contributed by atoms with Gasteiger partial charge in [-0.2, -0.15) is 0 Å². The molecule has 0 saturated carbocycles. The zero-order chi connectivity index (χ0) is 20.9. The van der Waals surface area contributed by atoms with E-state index in [1.54, 1.807) is 6.07 Å². The van der Waals surface area contributed by atoms with Gasteiger partial charge in [0.15, 0.2) is 11.5 Å². The van der Waals surface area contributed by atoms with E-state index in [2.05, 4.69) is 46.6 Å². The maximum absolute atomic E-state index is 12.7. The Kier molecular flexibility index (Phi) is 6.29. The van der Waals surface area contributed by atoms with E-state index in [0.717, 1.165) is 25.1 Å². The highest BCUT2D eigenvalue weighted by Gasteiger charge is 2.24. The molecule has 5 nitrogen and oxygen atoms in total. The Bertz CT molecular complexity index is 970. The first-order valence-corrected chi connectivity index (χ1v) is 10.8. The molecule has 1 aliphatic rings. The van der Waals surface area contributed by atoms with Gasteiger partial charge in [-0.15, -0.1) is 0 Å². The SMILES string of the molecule is CCc1ccc([C@H](CNC(=O)c2cc(-c3ccc(C)cc3)on2)N2CCCC2)cc1. The molecule has 0 aliphatic carbocycles. The number of hydrogen-bond acceptors (Lipinski definition) is 4. The summed E-state index contributed by atoms with van der Waals surface area (Å²) in [6, 6.07) is 18.6. The first-order chi connectivity index (χ1) is 14.6. The van der Waals surface area contributed by atoms with Crippen molar-refractivity contribution in [1.29, 1.82) is 0 Å². The summed E-state index contributed by atoms with van der Waals surface area (Å²) in [5.74, 6) is 0.401. The fourth-order valence-corrected chi connectivity index (χ4v) is 4.00. The van der Waals surface area contributed by atoms with Crippen molar-refractivity contribution >= 4 is 5.91 Å². The molecular weight excluding hydrogens is 374 g/mol. The van der Waals surface area contributed by atoms with Crippen LogP contribution in [-0.4, -0.2) is 35.6 Å². The lowest BCUT2D eigenvalue weighted by molar-refractivity contribution is 0.0929. The maximum atomic E-state index is 12.7. The number of aryl methyl sites for hydroxylation is 2. The molecule has 0 spiro atoms. The first kappa shape index (κ1) is 20.4. The first-order valence-electron chi connectivity index (χ1n) is 10.8. The van der Waals surface area contributed by atoms with Gasteiger partial charge < -0.3 is 9.84 Å². The number of aromatic nitrogens is 1. The Hall–Kier alpha value is -2.92. The molecule has 3 aromatic rings. The fraction of sp³-hybridized carbons (Fsp3) is 0.360. The molecule has 0 radical (unpaired) electrons. The summed E-state index contributed by atoms with van der Waals surface area (Å²) in [6.45, 7) is 6.89. The molecule has 1 atom stereocenters. The van der Waals surface area contributed by atoms with Gasteiger partial charge in [0.05, 0.1) is 6.04 Å². The second kappa shape index (κ2) is 9.26. The third-order valence-corrected chi connectivity index (χ3v) is 5.89. The van der Waals surface area contributed by atoms with Gasteiger partial charge in [0, 0.05) is 18.2 Å². The van der Waals surface area contributed by atoms with Gasteiger partial charge >= 0.3 is 0 Å². The van der Waals surface area contributed by atoms with Crippen molar-refractivity contribution in [3.8, 4) is 11.3 Å². The molecule has 1 aliphatic heterocycles. The summed E-state index contributed by atoms with van der Waals surface area (Å²) in [6.07, 6.45) is 3.45. The van der Waals surface area contributed by atoms with Crippen molar-refractivity contribution in [2.45, 2.75) is 39.2 Å². The quantitative estimate of drug-likeness (QED) is 0.617. The Morgan fingerprint density at radius 2 is 1.80 bits per heavy atom. The van der Waals surface area contributed by atoms with E-state index in [9.17, 15) is 4.79 Å². The molecule has 1 fully saturated rings. The van der Waals surface area contributed by atoms with Crippen LogP contribution in [0.3, 0.4) is 0 Å². The van der Waals surface area contributed by atoms with Gasteiger partial charge in [0.25, 0.3) is 5.91 Å². The van der Waals surface area contributed by atoms with Gasteiger partial charge in [-0.05, 0) is 50.4 Å². The van der Waals surface area contributed by atoms with Gasteiger partial charge in [0.2, 0.25) is 0 Å². The summed E-state index contributed by atoms with van der Waals surface area (Å²) >= 11 is 0. The third kappa shape index (κ3) is 4.62. The molecule has 0 unspecified atom stereocenters. The predicted molar refractivity (Wildman–Crippen MR) is 118 cm³/mol. The van der Waals surface area contributed by atoms with Crippen molar-refractivity contribution in [1.82, 2.24) is 15.4 Å². The lowest BCUT2D eigenvalue weighted by atomic mass is 10.0. The molecule has 4 rings (SSSR count). The number of nitrogens with one attached hydrogen (secondary N) is 1. The smallest absolute Gasteiger partial charge is 0.273 e. The molecule has 156 valence electrons. The van der Waals surface area contributed by atoms with E-state index in [1.165, 1.54) is 29.5 Å². The minimum Gasteiger partial charge on any atom is -0.355 e. The highest BCUT2D eigenvalue weighted by Crippen LogP contribution is 2.25. The van der Waals surface area contributed by atoms with Crippen LogP contribution in [0.25, 0.3) is 11.3 Å². The standard InChI is InChI=1S/C25H29N3O2/c1-3-19-8-12-20(13-9-19)23(28-14-4-5-15-28)17-26-25(29)22-16-24(30-27-22)21-10-6-18(2)7-11-21/h6-13,16,23H,3-5,14-15,17H2,1-2H3,(H,26,29)/t23-/m0/s1. The average Bonchev–Trinajstić information content (AvgIpc) is 3.47. The molecular formula is C25H29N3O2. The van der Waals surface area contributed by atoms with Gasteiger partial charge in [-0.25, -0.2) is 0 Å². The van der Waals surface area contributed by atoms with E-state index in [-0.39, 0.29) is 11.9 Å². The molecule has 0 bridgehead atoms. The third-order valence-electron chi connectivity index (χ3n) is 5.89. The van der Waals surface area contributed by atoms with Crippen LogP contribution in [0, 0.1) is 6.92 Å². The highest BCUT2D eigenvalue weighted by atomic mass is 16.5. The summed E-state index contributed by atoms with van der Waals surface area (Å²) in [7, 11) is 0. The molecule has 5 heteroatoms. The number of nitrogens with zero attached hydrogens (tertiary/aromatic N) is 2. The van der Waals surface area contributed by atoms with E-state index in [0.29, 0.717) is 18.0 Å². The highest BCUT2D eigenvalue weighted by molar-refractivity contribution is 5.93. The molecule has 1 aromatic heterocycles. The Balaban J connectivity index is 1.45. The summed E-state index contributed by atoms with van der Waals surface area (Å²) < 4.78 is 5.41. The molecule has 2 heterocycles. The largest absolute Gasteiger partial charge is 0.355 e. The van der Waals surface area contributed by atoms with Crippen LogP contribution in [0.2, 0.25) is 0 Å². The van der Waals surface area contributed by atoms with E-state index < -0.39 is 0 Å². The molecule has 1 saturated heterocycles. The summed E-state index contributed by atoms with van der Waals surface area (Å²) in [5, 5.41) is 7.06. The average molecular weight is 404 g/mol. The summed E-state index contributed by atoms with van der Waals surface area (Å²) in [4.78, 5) is 15.2. The van der Waals surface area contributed by atoms with Gasteiger partial charge in [0.1, 0.15) is 0 Å². The van der Waals surface area contributed by atoms with Crippen LogP contribution in [-0.2, 0) is 6.42 Å². The fourth-order valence-electron chi connectivity index (χ4n) is 4.00. The van der Waals surface area contributed by atoms with E-state index in [4.69, 9.17) is 4.52 Å². The van der Waals surface area contributed by atoms with Crippen molar-refractivity contribution in [3.63, 3.8) is 0 Å². The van der Waals surface area contributed by atoms with Crippen LogP contribution in [0.5, 0.6) is 0 Å². The number of rotatable bonds is 7. The molecule has 1 amide bonds. The minimum absolute atomic E-state index is 0.172. The van der Waals surface area contributed by atoms with Crippen LogP contribution < -0.4 is 5.32 Å². The maximum Gasteiger partial charge on any atom is 0.273 e.